The molecular weight excluding hydrogens is 513 g/mol. The molecule has 3 aromatic rings. The molecule has 3 N–H and O–H groups in total. The molecule has 206 valence electrons. The Hall–Kier alpha value is -4.47. The highest BCUT2D eigenvalue weighted by atomic mass is 19.4. The van der Waals surface area contributed by atoms with Gasteiger partial charge in [0.25, 0.3) is 0 Å². The van der Waals surface area contributed by atoms with Crippen LogP contribution < -0.4 is 20.5 Å². The number of rotatable bonds is 12. The monoisotopic (exact) mass is 542 g/mol. The zero-order chi connectivity index (χ0) is 28.3. The molecule has 0 fully saturated rings. The first kappa shape index (κ1) is 29.1. The summed E-state index contributed by atoms with van der Waals surface area (Å²) in [6.45, 7) is 0.106. The zero-order valence-electron chi connectivity index (χ0n) is 21.3. The van der Waals surface area contributed by atoms with Crippen molar-refractivity contribution in [2.45, 2.75) is 25.4 Å². The summed E-state index contributed by atoms with van der Waals surface area (Å²) in [5.41, 5.74) is 9.37. The summed E-state index contributed by atoms with van der Waals surface area (Å²) < 4.78 is 52.4. The van der Waals surface area contributed by atoms with Gasteiger partial charge in [-0.1, -0.05) is 18.2 Å². The number of esters is 2. The number of anilines is 2. The predicted molar refractivity (Wildman–Crippen MR) is 143 cm³/mol. The molecule has 0 saturated carbocycles. The van der Waals surface area contributed by atoms with E-state index in [2.05, 4.69) is 5.32 Å². The van der Waals surface area contributed by atoms with Crippen LogP contribution in [0.15, 0.2) is 72.8 Å². The fourth-order valence-electron chi connectivity index (χ4n) is 3.41. The lowest BCUT2D eigenvalue weighted by Crippen LogP contribution is -2.10. The van der Waals surface area contributed by atoms with Gasteiger partial charge in [-0.15, -0.1) is 0 Å². The first-order chi connectivity index (χ1) is 18.6. The molecule has 3 aromatic carbocycles. The fraction of sp³-hybridized carbons (Fsp3) is 0.241. The van der Waals surface area contributed by atoms with E-state index >= 15 is 0 Å². The summed E-state index contributed by atoms with van der Waals surface area (Å²) in [5, 5.41) is 3.01. The molecule has 0 aliphatic rings. The molecule has 0 aliphatic carbocycles. The van der Waals surface area contributed by atoms with Gasteiger partial charge in [0.2, 0.25) is 0 Å². The number of alkyl halides is 3. The van der Waals surface area contributed by atoms with E-state index < -0.39 is 24.5 Å². The minimum atomic E-state index is -4.21. The Morgan fingerprint density at radius 2 is 1.64 bits per heavy atom. The Kier molecular flexibility index (Phi) is 10.4. The van der Waals surface area contributed by atoms with Gasteiger partial charge in [-0.05, 0) is 72.2 Å². The van der Waals surface area contributed by atoms with E-state index in [-0.39, 0.29) is 25.2 Å². The van der Waals surface area contributed by atoms with Gasteiger partial charge >= 0.3 is 18.1 Å². The number of nitrogen functional groups attached to an aromatic ring is 1. The summed E-state index contributed by atoms with van der Waals surface area (Å²) in [5.74, 6) is -0.444. The fourth-order valence-corrected chi connectivity index (χ4v) is 3.41. The largest absolute Gasteiger partial charge is 0.494 e. The molecule has 39 heavy (non-hydrogen) atoms. The molecule has 0 heterocycles. The lowest BCUT2D eigenvalue weighted by molar-refractivity contribution is -0.138. The van der Waals surface area contributed by atoms with Crippen LogP contribution in [-0.2, 0) is 16.0 Å². The molecule has 0 bridgehead atoms. The minimum absolute atomic E-state index is 0.0808. The second kappa shape index (κ2) is 13.9. The van der Waals surface area contributed by atoms with Crippen molar-refractivity contribution in [1.82, 2.24) is 0 Å². The van der Waals surface area contributed by atoms with Gasteiger partial charge in [0, 0.05) is 37.3 Å². The number of carbonyl (C=O) groups is 2. The van der Waals surface area contributed by atoms with Gasteiger partial charge in [0.15, 0.2) is 0 Å². The first-order valence-corrected chi connectivity index (χ1v) is 12.2. The van der Waals surface area contributed by atoms with Gasteiger partial charge in [-0.25, -0.2) is 9.59 Å². The van der Waals surface area contributed by atoms with E-state index in [1.165, 1.54) is 30.3 Å². The van der Waals surface area contributed by atoms with Gasteiger partial charge in [-0.3, -0.25) is 0 Å². The van der Waals surface area contributed by atoms with E-state index in [9.17, 15) is 22.8 Å². The molecule has 0 aliphatic heterocycles. The van der Waals surface area contributed by atoms with Crippen LogP contribution >= 0.6 is 0 Å². The van der Waals surface area contributed by atoms with E-state index in [1.54, 1.807) is 37.4 Å². The van der Waals surface area contributed by atoms with Crippen LogP contribution in [0.2, 0.25) is 0 Å². The Morgan fingerprint density at radius 3 is 2.28 bits per heavy atom. The standard InChI is InChI=1S/C29H29F3N2O5/c1-34-23-9-6-21(26(33)19-23)15-18-38-27(35)14-5-20-3-10-25(11-4-20)39-28(36)22-7-12-24(13-8-22)37-17-2-16-29(30,31)32/h3-14,19,34H,2,15-18,33H2,1H3/b14-5+. The molecule has 10 heteroatoms. The molecule has 0 unspecified atom stereocenters. The predicted octanol–water partition coefficient (Wildman–Crippen LogP) is 6.05. The maximum atomic E-state index is 12.4. The molecule has 0 amide bonds. The SMILES string of the molecule is CNc1ccc(CCOC(=O)/C=C/c2ccc(OC(=O)c3ccc(OCCCC(F)(F)F)cc3)cc2)c(N)c1. The van der Waals surface area contributed by atoms with Crippen molar-refractivity contribution in [3.8, 4) is 11.5 Å². The Bertz CT molecular complexity index is 1270. The smallest absolute Gasteiger partial charge is 0.389 e. The van der Waals surface area contributed by atoms with Gasteiger partial charge < -0.3 is 25.3 Å². The van der Waals surface area contributed by atoms with Crippen molar-refractivity contribution >= 4 is 29.4 Å². The van der Waals surface area contributed by atoms with Crippen LogP contribution in [0.5, 0.6) is 11.5 Å². The molecular formula is C29H29F3N2O5. The quantitative estimate of drug-likeness (QED) is 0.0945. The van der Waals surface area contributed by atoms with Crippen LogP contribution in [0, 0.1) is 0 Å². The summed E-state index contributed by atoms with van der Waals surface area (Å²) in [4.78, 5) is 24.4. The number of carbonyl (C=O) groups excluding carboxylic acids is 2. The average molecular weight is 543 g/mol. The van der Waals surface area contributed by atoms with E-state index in [1.807, 2.05) is 18.2 Å². The third kappa shape index (κ3) is 10.1. The Balaban J connectivity index is 1.42. The Morgan fingerprint density at radius 1 is 0.949 bits per heavy atom. The van der Waals surface area contributed by atoms with Crippen LogP contribution in [-0.4, -0.2) is 38.4 Å². The van der Waals surface area contributed by atoms with Crippen LogP contribution in [0.1, 0.15) is 34.3 Å². The minimum Gasteiger partial charge on any atom is -0.494 e. The third-order valence-electron chi connectivity index (χ3n) is 5.52. The Labute approximate surface area is 224 Å². The van der Waals surface area contributed by atoms with Crippen molar-refractivity contribution in [3.63, 3.8) is 0 Å². The van der Waals surface area contributed by atoms with Crippen LogP contribution in [0.4, 0.5) is 24.5 Å². The number of ether oxygens (including phenoxy) is 3. The maximum absolute atomic E-state index is 12.4. The number of halogens is 3. The van der Waals surface area contributed by atoms with Gasteiger partial charge in [0.05, 0.1) is 18.8 Å². The van der Waals surface area contributed by atoms with Crippen molar-refractivity contribution in [2.24, 2.45) is 0 Å². The van der Waals surface area contributed by atoms with Crippen molar-refractivity contribution in [3.05, 3.63) is 89.5 Å². The zero-order valence-corrected chi connectivity index (χ0v) is 21.3. The number of hydrogen-bond acceptors (Lipinski definition) is 7. The second-order valence-electron chi connectivity index (χ2n) is 8.46. The normalized spacial score (nSPS) is 11.3. The molecule has 0 radical (unpaired) electrons. The number of nitrogens with two attached hydrogens (primary N) is 1. The third-order valence-corrected chi connectivity index (χ3v) is 5.52. The topological polar surface area (TPSA) is 99.9 Å². The number of benzene rings is 3. The number of hydrogen-bond donors (Lipinski definition) is 2. The summed E-state index contributed by atoms with van der Waals surface area (Å²) in [6, 6.07) is 18.0. The van der Waals surface area contributed by atoms with Crippen molar-refractivity contribution < 1.29 is 37.0 Å². The lowest BCUT2D eigenvalue weighted by Gasteiger charge is -2.09. The highest BCUT2D eigenvalue weighted by Crippen LogP contribution is 2.22. The molecule has 0 aromatic heterocycles. The maximum Gasteiger partial charge on any atom is 0.389 e. The lowest BCUT2D eigenvalue weighted by atomic mass is 10.1. The average Bonchev–Trinajstić information content (AvgIpc) is 2.91. The van der Waals surface area contributed by atoms with Crippen molar-refractivity contribution in [1.29, 1.82) is 0 Å². The highest BCUT2D eigenvalue weighted by Gasteiger charge is 2.26. The summed E-state index contributed by atoms with van der Waals surface area (Å²) in [7, 11) is 1.81. The van der Waals surface area contributed by atoms with Gasteiger partial charge in [-0.2, -0.15) is 13.2 Å². The molecule has 3 rings (SSSR count). The first-order valence-electron chi connectivity index (χ1n) is 12.2. The van der Waals surface area contributed by atoms with E-state index in [4.69, 9.17) is 19.9 Å². The summed E-state index contributed by atoms with van der Waals surface area (Å²) in [6.07, 6.45) is -1.90. The molecule has 0 saturated heterocycles. The highest BCUT2D eigenvalue weighted by molar-refractivity contribution is 5.91. The molecule has 0 atom stereocenters. The summed E-state index contributed by atoms with van der Waals surface area (Å²) >= 11 is 0. The van der Waals surface area contributed by atoms with Crippen LogP contribution in [0.3, 0.4) is 0 Å². The van der Waals surface area contributed by atoms with Crippen molar-refractivity contribution in [2.75, 3.05) is 31.3 Å². The molecule has 0 spiro atoms. The molecule has 7 nitrogen and oxygen atoms in total. The second-order valence-corrected chi connectivity index (χ2v) is 8.46. The van der Waals surface area contributed by atoms with E-state index in [0.29, 0.717) is 29.2 Å². The number of nitrogens with one attached hydrogen (secondary N) is 1. The van der Waals surface area contributed by atoms with E-state index in [0.717, 1.165) is 11.3 Å². The van der Waals surface area contributed by atoms with Gasteiger partial charge in [0.1, 0.15) is 11.5 Å². The van der Waals surface area contributed by atoms with Crippen LogP contribution in [0.25, 0.3) is 6.08 Å².